The molecule has 0 radical (unpaired) electrons. The Morgan fingerprint density at radius 2 is 1.94 bits per heavy atom. The highest BCUT2D eigenvalue weighted by molar-refractivity contribution is 5.85. The van der Waals surface area contributed by atoms with Gasteiger partial charge >= 0.3 is 6.18 Å². The van der Waals surface area contributed by atoms with E-state index in [1.54, 1.807) is 38.1 Å². The molecule has 1 fully saturated rings. The van der Waals surface area contributed by atoms with Gasteiger partial charge in [0.05, 0.1) is 11.2 Å². The predicted octanol–water partition coefficient (Wildman–Crippen LogP) is 4.03. The maximum absolute atomic E-state index is 13.5. The van der Waals surface area contributed by atoms with Gasteiger partial charge in [0.15, 0.2) is 5.69 Å². The molecule has 0 unspecified atom stereocenters. The summed E-state index contributed by atoms with van der Waals surface area (Å²) in [5.41, 5.74) is 4.74. The quantitative estimate of drug-likeness (QED) is 0.533. The summed E-state index contributed by atoms with van der Waals surface area (Å²) in [4.78, 5) is 12.1. The van der Waals surface area contributed by atoms with Gasteiger partial charge in [0.25, 0.3) is 5.89 Å². The lowest BCUT2D eigenvalue weighted by molar-refractivity contribution is -0.141. The number of carbonyl (C=O) groups excluding carboxylic acids is 1. The summed E-state index contributed by atoms with van der Waals surface area (Å²) < 4.78 is 47.3. The average Bonchev–Trinajstić information content (AvgIpc) is 3.52. The van der Waals surface area contributed by atoms with Crippen molar-refractivity contribution in [3.05, 3.63) is 47.5 Å². The van der Waals surface area contributed by atoms with E-state index >= 15 is 0 Å². The summed E-state index contributed by atoms with van der Waals surface area (Å²) in [6.45, 7) is 3.32. The summed E-state index contributed by atoms with van der Waals surface area (Å²) in [6, 6.07) is 7.56. The molecular weight excluding hydrogens is 449 g/mol. The van der Waals surface area contributed by atoms with Crippen LogP contribution in [0.3, 0.4) is 0 Å². The lowest BCUT2D eigenvalue weighted by Gasteiger charge is -2.18. The number of benzene rings is 1. The molecule has 0 atom stereocenters. The van der Waals surface area contributed by atoms with Crippen molar-refractivity contribution >= 4 is 5.91 Å². The second-order valence-electron chi connectivity index (χ2n) is 9.25. The number of nitrogens with zero attached hydrogens (tertiary/aromatic N) is 4. The third-order valence-corrected chi connectivity index (χ3v) is 5.82. The Balaban J connectivity index is 1.64. The lowest BCUT2D eigenvalue weighted by atomic mass is 10.0. The summed E-state index contributed by atoms with van der Waals surface area (Å²) >= 11 is 0. The van der Waals surface area contributed by atoms with E-state index in [1.807, 2.05) is 0 Å². The Bertz CT molecular complexity index is 1160. The first kappa shape index (κ1) is 23.9. The fraction of sp³-hybridized carbons (Fsp3) is 0.478. The van der Waals surface area contributed by atoms with Crippen LogP contribution < -0.4 is 11.1 Å². The highest BCUT2D eigenvalue weighted by atomic mass is 19.4. The monoisotopic (exact) mass is 476 g/mol. The molecule has 1 aliphatic rings. The van der Waals surface area contributed by atoms with Crippen LogP contribution >= 0.6 is 0 Å². The predicted molar refractivity (Wildman–Crippen MR) is 118 cm³/mol. The first-order valence-electron chi connectivity index (χ1n) is 11.2. The number of carbonyl (C=O) groups is 1. The molecule has 3 N–H and O–H groups in total. The van der Waals surface area contributed by atoms with E-state index in [4.69, 9.17) is 10.2 Å². The Morgan fingerprint density at radius 3 is 2.62 bits per heavy atom. The van der Waals surface area contributed by atoms with E-state index in [-0.39, 0.29) is 24.0 Å². The molecular formula is C23H27F3N6O2. The summed E-state index contributed by atoms with van der Waals surface area (Å²) in [5.74, 6) is 0.482. The zero-order valence-corrected chi connectivity index (χ0v) is 19.0. The maximum atomic E-state index is 13.5. The molecule has 1 amide bonds. The van der Waals surface area contributed by atoms with Crippen molar-refractivity contribution < 1.29 is 22.4 Å². The molecule has 2 aromatic heterocycles. The number of amides is 1. The van der Waals surface area contributed by atoms with Gasteiger partial charge in [-0.05, 0) is 50.3 Å². The summed E-state index contributed by atoms with van der Waals surface area (Å²) in [5, 5.41) is 14.5. The van der Waals surface area contributed by atoms with Crippen LogP contribution in [0.25, 0.3) is 17.3 Å². The fourth-order valence-corrected chi connectivity index (χ4v) is 3.98. The van der Waals surface area contributed by atoms with Gasteiger partial charge in [-0.3, -0.25) is 4.79 Å². The van der Waals surface area contributed by atoms with Crippen molar-refractivity contribution in [3.8, 4) is 17.3 Å². The zero-order valence-electron chi connectivity index (χ0n) is 19.0. The Hall–Kier alpha value is -3.21. The van der Waals surface area contributed by atoms with Crippen LogP contribution in [0.2, 0.25) is 0 Å². The zero-order chi connectivity index (χ0) is 24.5. The summed E-state index contributed by atoms with van der Waals surface area (Å²) in [7, 11) is 0. The number of aromatic nitrogens is 4. The number of hydrogen-bond donors (Lipinski definition) is 2. The van der Waals surface area contributed by atoms with Gasteiger partial charge in [-0.2, -0.15) is 18.3 Å². The van der Waals surface area contributed by atoms with E-state index in [0.29, 0.717) is 29.5 Å². The first-order chi connectivity index (χ1) is 16.0. The molecule has 8 nitrogen and oxygen atoms in total. The smallest absolute Gasteiger partial charge is 0.419 e. The van der Waals surface area contributed by atoms with Crippen LogP contribution in [0, 0.1) is 5.92 Å². The molecule has 1 aromatic carbocycles. The second kappa shape index (κ2) is 9.21. The topological polar surface area (TPSA) is 112 Å². The van der Waals surface area contributed by atoms with Crippen LogP contribution in [0.4, 0.5) is 13.2 Å². The highest BCUT2D eigenvalue weighted by Gasteiger charge is 2.36. The van der Waals surface area contributed by atoms with Crippen LogP contribution in [0.1, 0.15) is 56.7 Å². The molecule has 0 spiro atoms. The minimum Gasteiger partial charge on any atom is -0.419 e. The average molecular weight is 477 g/mol. The third-order valence-electron chi connectivity index (χ3n) is 5.82. The minimum absolute atomic E-state index is 0.0282. The van der Waals surface area contributed by atoms with Gasteiger partial charge in [0.2, 0.25) is 11.8 Å². The van der Waals surface area contributed by atoms with Crippen LogP contribution in [-0.4, -0.2) is 31.4 Å². The van der Waals surface area contributed by atoms with Crippen molar-refractivity contribution in [2.24, 2.45) is 11.7 Å². The summed E-state index contributed by atoms with van der Waals surface area (Å²) in [6.07, 6.45) is 0.446. The molecule has 11 heteroatoms. The number of halogens is 3. The minimum atomic E-state index is -4.65. The third kappa shape index (κ3) is 5.46. The van der Waals surface area contributed by atoms with Crippen molar-refractivity contribution in [2.45, 2.75) is 64.2 Å². The fourth-order valence-electron chi connectivity index (χ4n) is 3.98. The maximum Gasteiger partial charge on any atom is 0.435 e. The number of rotatable bonds is 7. The van der Waals surface area contributed by atoms with Crippen molar-refractivity contribution in [1.82, 2.24) is 25.3 Å². The number of alkyl halides is 3. The molecule has 0 bridgehead atoms. The molecule has 182 valence electrons. The molecule has 2 heterocycles. The van der Waals surface area contributed by atoms with Crippen molar-refractivity contribution in [2.75, 3.05) is 0 Å². The first-order valence-corrected chi connectivity index (χ1v) is 11.2. The normalized spacial score (nSPS) is 15.1. The molecule has 34 heavy (non-hydrogen) atoms. The number of hydrogen-bond acceptors (Lipinski definition) is 6. The SMILES string of the molecule is CC(C)(N)C(=O)NCc1cccc(-n2nc(C(F)(F)F)cc2-c2nnc(CC3CCCC3)o2)c1. The van der Waals surface area contributed by atoms with Crippen LogP contribution in [0.5, 0.6) is 0 Å². The van der Waals surface area contributed by atoms with E-state index in [9.17, 15) is 18.0 Å². The van der Waals surface area contributed by atoms with Gasteiger partial charge in [-0.15, -0.1) is 10.2 Å². The Labute approximate surface area is 194 Å². The molecule has 4 rings (SSSR count). The van der Waals surface area contributed by atoms with Crippen molar-refractivity contribution in [3.63, 3.8) is 0 Å². The van der Waals surface area contributed by atoms with Gasteiger partial charge in [0, 0.05) is 19.0 Å². The Kier molecular flexibility index (Phi) is 6.48. The number of nitrogens with two attached hydrogens (primary N) is 1. The van der Waals surface area contributed by atoms with Gasteiger partial charge < -0.3 is 15.5 Å². The molecule has 1 saturated carbocycles. The largest absolute Gasteiger partial charge is 0.435 e. The molecule has 3 aromatic rings. The standard InChI is InChI=1S/C23H27F3N6O2/c1-22(2,27)21(33)28-13-15-8-5-9-16(10-15)32-17(12-18(31-32)23(24,25)26)20-30-29-19(34-20)11-14-6-3-4-7-14/h5,8-10,12,14H,3-4,6-7,11,13,27H2,1-2H3,(H,28,33). The Morgan fingerprint density at radius 1 is 1.21 bits per heavy atom. The molecule has 0 aliphatic heterocycles. The highest BCUT2D eigenvalue weighted by Crippen LogP contribution is 2.34. The van der Waals surface area contributed by atoms with Crippen LogP contribution in [-0.2, 0) is 23.9 Å². The van der Waals surface area contributed by atoms with Gasteiger partial charge in [-0.1, -0.05) is 25.0 Å². The molecule has 0 saturated heterocycles. The van der Waals surface area contributed by atoms with E-state index in [2.05, 4.69) is 20.6 Å². The van der Waals surface area contributed by atoms with Gasteiger partial charge in [0.1, 0.15) is 5.69 Å². The van der Waals surface area contributed by atoms with Gasteiger partial charge in [-0.25, -0.2) is 4.68 Å². The second-order valence-corrected chi connectivity index (χ2v) is 9.25. The van der Waals surface area contributed by atoms with Crippen molar-refractivity contribution in [1.29, 1.82) is 0 Å². The lowest BCUT2D eigenvalue weighted by Crippen LogP contribution is -2.48. The van der Waals surface area contributed by atoms with E-state index in [0.717, 1.165) is 36.4 Å². The number of nitrogens with one attached hydrogen (secondary N) is 1. The van der Waals surface area contributed by atoms with Crippen LogP contribution in [0.15, 0.2) is 34.7 Å². The van der Waals surface area contributed by atoms with E-state index < -0.39 is 17.4 Å². The molecule has 1 aliphatic carbocycles. The van der Waals surface area contributed by atoms with E-state index in [1.165, 1.54) is 0 Å².